The van der Waals surface area contributed by atoms with Crippen molar-refractivity contribution in [1.82, 2.24) is 9.88 Å². The molecule has 3 aromatic carbocycles. The van der Waals surface area contributed by atoms with Crippen LogP contribution >= 0.6 is 0 Å². The number of β-amino-alcohol motifs (C(OH)–C–C–N with tert-alkyl or cyclic N) is 1. The van der Waals surface area contributed by atoms with Gasteiger partial charge in [0, 0.05) is 22.8 Å². The highest BCUT2D eigenvalue weighted by Gasteiger charge is 2.45. The molecule has 1 aliphatic heterocycles. The molecule has 1 amide bonds. The third-order valence-electron chi connectivity index (χ3n) is 6.15. The standard InChI is InChI=1S/C26H22FN3O4S/c1-17-14-20(27)9-12-22(17)26(32)15-30(16-26)25(31)19-7-10-21(11-8-19)29-35(33,34)23-6-2-4-18-5-3-13-28-24(18)23/h2-14,29,32H,15-16H2,1H3. The number of aryl methyl sites for hydroxylation is 1. The maximum atomic E-state index is 13.4. The van der Waals surface area contributed by atoms with Crippen LogP contribution in [0.5, 0.6) is 0 Å². The second kappa shape index (κ2) is 8.44. The summed E-state index contributed by atoms with van der Waals surface area (Å²) in [5.41, 5.74) is 1.02. The molecule has 1 saturated heterocycles. The normalized spacial score (nSPS) is 15.0. The molecular formula is C26H22FN3O4S. The molecule has 0 bridgehead atoms. The Bertz CT molecular complexity index is 1540. The lowest BCUT2D eigenvalue weighted by molar-refractivity contribution is -0.0867. The Morgan fingerprint density at radius 3 is 2.49 bits per heavy atom. The van der Waals surface area contributed by atoms with Gasteiger partial charge >= 0.3 is 0 Å². The van der Waals surface area contributed by atoms with Crippen LogP contribution in [-0.4, -0.2) is 42.4 Å². The van der Waals surface area contributed by atoms with E-state index in [9.17, 15) is 22.7 Å². The number of likely N-dealkylation sites (tertiary alicyclic amines) is 1. The molecule has 9 heteroatoms. The Kier molecular flexibility index (Phi) is 5.53. The van der Waals surface area contributed by atoms with E-state index in [0.717, 1.165) is 0 Å². The first kappa shape index (κ1) is 22.9. The van der Waals surface area contributed by atoms with Crippen LogP contribution in [0.1, 0.15) is 21.5 Å². The third-order valence-corrected chi connectivity index (χ3v) is 7.56. The average Bonchev–Trinajstić information content (AvgIpc) is 2.81. The van der Waals surface area contributed by atoms with Crippen molar-refractivity contribution in [3.05, 3.63) is 102 Å². The lowest BCUT2D eigenvalue weighted by atomic mass is 9.83. The zero-order chi connectivity index (χ0) is 24.8. The van der Waals surface area contributed by atoms with Crippen LogP contribution in [-0.2, 0) is 15.6 Å². The number of nitrogens with one attached hydrogen (secondary N) is 1. The van der Waals surface area contributed by atoms with Crippen LogP contribution in [0.4, 0.5) is 10.1 Å². The number of fused-ring (bicyclic) bond motifs is 1. The zero-order valence-corrected chi connectivity index (χ0v) is 19.6. The summed E-state index contributed by atoms with van der Waals surface area (Å²) in [6.45, 7) is 1.89. The molecule has 5 rings (SSSR count). The molecule has 2 N–H and O–H groups in total. The van der Waals surface area contributed by atoms with Gasteiger partial charge in [0.25, 0.3) is 15.9 Å². The summed E-state index contributed by atoms with van der Waals surface area (Å²) in [7, 11) is -3.90. The third kappa shape index (κ3) is 4.24. The Morgan fingerprint density at radius 1 is 1.06 bits per heavy atom. The second-order valence-corrected chi connectivity index (χ2v) is 10.3. The first-order chi connectivity index (χ1) is 16.7. The number of anilines is 1. The number of rotatable bonds is 5. The number of amides is 1. The molecule has 35 heavy (non-hydrogen) atoms. The summed E-state index contributed by atoms with van der Waals surface area (Å²) in [6.07, 6.45) is 1.54. The molecule has 1 aromatic heterocycles. The van der Waals surface area contributed by atoms with E-state index in [1.54, 1.807) is 37.3 Å². The number of benzene rings is 3. The molecule has 178 valence electrons. The van der Waals surface area contributed by atoms with E-state index in [-0.39, 0.29) is 29.7 Å². The van der Waals surface area contributed by atoms with Gasteiger partial charge in [-0.3, -0.25) is 14.5 Å². The molecule has 0 unspecified atom stereocenters. The topological polar surface area (TPSA) is 99.6 Å². The molecule has 0 aliphatic carbocycles. The molecule has 1 fully saturated rings. The fourth-order valence-corrected chi connectivity index (χ4v) is 5.65. The first-order valence-corrected chi connectivity index (χ1v) is 12.4. The number of aliphatic hydroxyl groups is 1. The summed E-state index contributed by atoms with van der Waals surface area (Å²) in [6, 6.07) is 18.7. The number of carbonyl (C=O) groups excluding carboxylic acids is 1. The van der Waals surface area contributed by atoms with E-state index in [1.807, 2.05) is 0 Å². The van der Waals surface area contributed by atoms with Crippen molar-refractivity contribution in [3.8, 4) is 0 Å². The van der Waals surface area contributed by atoms with Gasteiger partial charge in [-0.2, -0.15) is 0 Å². The highest BCUT2D eigenvalue weighted by Crippen LogP contribution is 2.35. The molecule has 0 saturated carbocycles. The van der Waals surface area contributed by atoms with Gasteiger partial charge in [0.1, 0.15) is 16.3 Å². The van der Waals surface area contributed by atoms with Crippen LogP contribution in [0.15, 0.2) is 83.9 Å². The fourth-order valence-electron chi connectivity index (χ4n) is 4.41. The lowest BCUT2D eigenvalue weighted by Gasteiger charge is -2.47. The Hall–Kier alpha value is -3.82. The molecule has 1 aliphatic rings. The van der Waals surface area contributed by atoms with Crippen LogP contribution in [0.3, 0.4) is 0 Å². The highest BCUT2D eigenvalue weighted by atomic mass is 32.2. The summed E-state index contributed by atoms with van der Waals surface area (Å²) in [5.74, 6) is -0.670. The summed E-state index contributed by atoms with van der Waals surface area (Å²) in [5, 5.41) is 11.6. The minimum Gasteiger partial charge on any atom is -0.381 e. The largest absolute Gasteiger partial charge is 0.381 e. The van der Waals surface area contributed by atoms with Crippen LogP contribution < -0.4 is 4.72 Å². The van der Waals surface area contributed by atoms with Crippen molar-refractivity contribution in [2.75, 3.05) is 17.8 Å². The smallest absolute Gasteiger partial charge is 0.264 e. The zero-order valence-electron chi connectivity index (χ0n) is 18.8. The molecule has 0 radical (unpaired) electrons. The van der Waals surface area contributed by atoms with Crippen LogP contribution in [0.25, 0.3) is 10.9 Å². The second-order valence-electron chi connectivity index (χ2n) is 8.67. The monoisotopic (exact) mass is 491 g/mol. The van der Waals surface area contributed by atoms with Crippen molar-refractivity contribution in [1.29, 1.82) is 0 Å². The van der Waals surface area contributed by atoms with Gasteiger partial charge in [-0.15, -0.1) is 0 Å². The van der Waals surface area contributed by atoms with Gasteiger partial charge in [0.15, 0.2) is 0 Å². The lowest BCUT2D eigenvalue weighted by Crippen LogP contribution is -2.61. The number of halogens is 1. The molecule has 2 heterocycles. The summed E-state index contributed by atoms with van der Waals surface area (Å²) < 4.78 is 41.9. The number of hydrogen-bond acceptors (Lipinski definition) is 5. The van der Waals surface area contributed by atoms with Crippen molar-refractivity contribution in [2.45, 2.75) is 17.4 Å². The van der Waals surface area contributed by atoms with Crippen molar-refractivity contribution in [3.63, 3.8) is 0 Å². The maximum absolute atomic E-state index is 13.4. The average molecular weight is 492 g/mol. The van der Waals surface area contributed by atoms with Gasteiger partial charge in [-0.25, -0.2) is 12.8 Å². The number of pyridine rings is 1. The van der Waals surface area contributed by atoms with Crippen molar-refractivity contribution >= 4 is 32.5 Å². The summed E-state index contributed by atoms with van der Waals surface area (Å²) in [4.78, 5) is 18.6. The number of hydrogen-bond donors (Lipinski definition) is 2. The Balaban J connectivity index is 1.29. The van der Waals surface area contributed by atoms with E-state index < -0.39 is 15.6 Å². The molecule has 4 aromatic rings. The van der Waals surface area contributed by atoms with Gasteiger partial charge < -0.3 is 10.0 Å². The summed E-state index contributed by atoms with van der Waals surface area (Å²) >= 11 is 0. The first-order valence-electron chi connectivity index (χ1n) is 10.9. The molecule has 0 spiro atoms. The van der Waals surface area contributed by atoms with Gasteiger partial charge in [-0.05, 0) is 66.6 Å². The van der Waals surface area contributed by atoms with E-state index in [1.165, 1.54) is 53.6 Å². The molecule has 0 atom stereocenters. The maximum Gasteiger partial charge on any atom is 0.264 e. The number of carbonyl (C=O) groups is 1. The van der Waals surface area contributed by atoms with E-state index in [4.69, 9.17) is 0 Å². The SMILES string of the molecule is Cc1cc(F)ccc1C1(O)CN(C(=O)c2ccc(NS(=O)(=O)c3cccc4cccnc34)cc2)C1. The van der Waals surface area contributed by atoms with Gasteiger partial charge in [0.2, 0.25) is 0 Å². The minimum absolute atomic E-state index is 0.0618. The molecule has 7 nitrogen and oxygen atoms in total. The van der Waals surface area contributed by atoms with Gasteiger partial charge in [-0.1, -0.05) is 24.3 Å². The Morgan fingerprint density at radius 2 is 1.77 bits per heavy atom. The molecular weight excluding hydrogens is 469 g/mol. The quantitative estimate of drug-likeness (QED) is 0.442. The number of para-hydroxylation sites is 1. The van der Waals surface area contributed by atoms with E-state index >= 15 is 0 Å². The predicted octanol–water partition coefficient (Wildman–Crippen LogP) is 3.83. The Labute approximate surface area is 201 Å². The number of sulfonamides is 1. The van der Waals surface area contributed by atoms with Crippen molar-refractivity contribution in [2.24, 2.45) is 0 Å². The van der Waals surface area contributed by atoms with Gasteiger partial charge in [0.05, 0.1) is 18.6 Å². The van der Waals surface area contributed by atoms with E-state index in [2.05, 4.69) is 9.71 Å². The fraction of sp³-hybridized carbons (Fsp3) is 0.154. The number of aromatic nitrogens is 1. The van der Waals surface area contributed by atoms with Crippen LogP contribution in [0.2, 0.25) is 0 Å². The number of nitrogens with zero attached hydrogens (tertiary/aromatic N) is 2. The van der Waals surface area contributed by atoms with E-state index in [0.29, 0.717) is 33.3 Å². The predicted molar refractivity (Wildman–Crippen MR) is 130 cm³/mol. The minimum atomic E-state index is -3.90. The highest BCUT2D eigenvalue weighted by molar-refractivity contribution is 7.93. The van der Waals surface area contributed by atoms with Crippen molar-refractivity contribution < 1.29 is 22.7 Å². The van der Waals surface area contributed by atoms with Crippen LogP contribution in [0, 0.1) is 12.7 Å².